The van der Waals surface area contributed by atoms with Crippen molar-refractivity contribution in [1.82, 2.24) is 0 Å². The fourth-order valence-corrected chi connectivity index (χ4v) is 3.82. The first kappa shape index (κ1) is 10.9. The van der Waals surface area contributed by atoms with E-state index >= 15 is 0 Å². The van der Waals surface area contributed by atoms with Gasteiger partial charge in [-0.1, -0.05) is 15.9 Å². The van der Waals surface area contributed by atoms with Crippen molar-refractivity contribution in [3.63, 3.8) is 0 Å². The van der Waals surface area contributed by atoms with E-state index in [0.29, 0.717) is 5.46 Å². The summed E-state index contributed by atoms with van der Waals surface area (Å²) in [7, 11) is -1.42. The van der Waals surface area contributed by atoms with Gasteiger partial charge in [0.15, 0.2) is 0 Å². The summed E-state index contributed by atoms with van der Waals surface area (Å²) in [5, 5.41) is 19.3. The molecule has 2 N–H and O–H groups in total. The first-order valence-corrected chi connectivity index (χ1v) is 6.51. The zero-order valence-electron chi connectivity index (χ0n) is 6.87. The molecule has 0 fully saturated rings. The fourth-order valence-electron chi connectivity index (χ4n) is 1.31. The Morgan fingerprint density at radius 3 is 2.64 bits per heavy atom. The molecule has 72 valence electrons. The lowest BCUT2D eigenvalue weighted by Crippen LogP contribution is -2.30. The Balaban J connectivity index is 2.79. The predicted octanol–water partition coefficient (Wildman–Crippen LogP) is 1.95. The predicted molar refractivity (Wildman–Crippen MR) is 72.1 cm³/mol. The highest BCUT2D eigenvalue weighted by atomic mass is 127. The summed E-state index contributed by atoms with van der Waals surface area (Å²) >= 11 is 7.20. The van der Waals surface area contributed by atoms with Crippen LogP contribution in [0.4, 0.5) is 0 Å². The average Bonchev–Trinajstić information content (AvgIpc) is 2.42. The highest BCUT2D eigenvalue weighted by Crippen LogP contribution is 2.28. The molecule has 0 spiro atoms. The Hall–Kier alpha value is 0.375. The van der Waals surface area contributed by atoms with Crippen molar-refractivity contribution < 1.29 is 10.0 Å². The second-order valence-corrected chi connectivity index (χ2v) is 6.72. The maximum absolute atomic E-state index is 9.19. The van der Waals surface area contributed by atoms with Crippen molar-refractivity contribution >= 4 is 72.5 Å². The number of benzene rings is 1. The molecule has 0 amide bonds. The van der Waals surface area contributed by atoms with Gasteiger partial charge >= 0.3 is 7.12 Å². The van der Waals surface area contributed by atoms with Crippen LogP contribution in [0.25, 0.3) is 10.1 Å². The minimum Gasteiger partial charge on any atom is -0.423 e. The summed E-state index contributed by atoms with van der Waals surface area (Å²) in [6, 6.07) is 5.67. The van der Waals surface area contributed by atoms with E-state index in [1.807, 2.05) is 12.1 Å². The molecule has 1 aromatic heterocycles. The minimum atomic E-state index is -1.42. The number of hydrogen-bond acceptors (Lipinski definition) is 3. The molecule has 0 saturated heterocycles. The van der Waals surface area contributed by atoms with Crippen molar-refractivity contribution in [3.05, 3.63) is 25.6 Å². The molecule has 0 atom stereocenters. The molecule has 1 aromatic carbocycles. The van der Waals surface area contributed by atoms with E-state index in [0.717, 1.165) is 17.4 Å². The Morgan fingerprint density at radius 1 is 1.29 bits per heavy atom. The van der Waals surface area contributed by atoms with Crippen LogP contribution >= 0.6 is 49.9 Å². The van der Waals surface area contributed by atoms with Gasteiger partial charge in [0.25, 0.3) is 0 Å². The molecular weight excluding hydrogens is 378 g/mol. The molecule has 0 radical (unpaired) electrons. The molecule has 0 bridgehead atoms. The molecule has 0 unspecified atom stereocenters. The lowest BCUT2D eigenvalue weighted by molar-refractivity contribution is 0.426. The summed E-state index contributed by atoms with van der Waals surface area (Å²) in [6.07, 6.45) is 0. The molecule has 14 heavy (non-hydrogen) atoms. The Morgan fingerprint density at radius 2 is 2.00 bits per heavy atom. The molecule has 2 aromatic rings. The van der Waals surface area contributed by atoms with Crippen LogP contribution < -0.4 is 5.46 Å². The molecule has 1 heterocycles. The van der Waals surface area contributed by atoms with Crippen LogP contribution in [0.3, 0.4) is 0 Å². The molecule has 6 heteroatoms. The second kappa shape index (κ2) is 4.09. The van der Waals surface area contributed by atoms with Gasteiger partial charge in [-0.15, -0.1) is 11.3 Å². The van der Waals surface area contributed by atoms with Crippen molar-refractivity contribution in [2.24, 2.45) is 0 Å². The van der Waals surface area contributed by atoms with E-state index in [9.17, 15) is 10.0 Å². The average molecular weight is 383 g/mol. The van der Waals surface area contributed by atoms with Crippen LogP contribution in [0.1, 0.15) is 0 Å². The monoisotopic (exact) mass is 382 g/mol. The fraction of sp³-hybridized carbons (Fsp3) is 0. The van der Waals surface area contributed by atoms with Crippen LogP contribution in [0.15, 0.2) is 22.7 Å². The lowest BCUT2D eigenvalue weighted by atomic mass is 9.78. The van der Waals surface area contributed by atoms with E-state index in [-0.39, 0.29) is 0 Å². The summed E-state index contributed by atoms with van der Waals surface area (Å²) in [5.41, 5.74) is 0.550. The zero-order valence-corrected chi connectivity index (χ0v) is 11.4. The van der Waals surface area contributed by atoms with E-state index in [1.54, 1.807) is 17.4 Å². The SMILES string of the molecule is OB(O)c1cc(Br)cc2sc(I)cc12. The Bertz CT molecular complexity index is 485. The number of halogens is 2. The third-order valence-corrected chi connectivity index (χ3v) is 4.18. The van der Waals surface area contributed by atoms with E-state index in [2.05, 4.69) is 38.5 Å². The Labute approximate surface area is 107 Å². The van der Waals surface area contributed by atoms with Crippen LogP contribution in [0, 0.1) is 2.88 Å². The normalized spacial score (nSPS) is 10.9. The van der Waals surface area contributed by atoms with Gasteiger partial charge in [-0.3, -0.25) is 0 Å². The number of hydrogen-bond donors (Lipinski definition) is 2. The second-order valence-electron chi connectivity index (χ2n) is 2.83. The van der Waals surface area contributed by atoms with Crippen molar-refractivity contribution in [2.75, 3.05) is 0 Å². The molecule has 0 saturated carbocycles. The molecule has 2 rings (SSSR count). The highest BCUT2D eigenvalue weighted by Gasteiger charge is 2.16. The lowest BCUT2D eigenvalue weighted by Gasteiger charge is -2.02. The maximum Gasteiger partial charge on any atom is 0.489 e. The first-order chi connectivity index (χ1) is 6.58. The van der Waals surface area contributed by atoms with Gasteiger partial charge in [-0.25, -0.2) is 0 Å². The summed E-state index contributed by atoms with van der Waals surface area (Å²) in [6.45, 7) is 0. The molecule has 0 aliphatic rings. The quantitative estimate of drug-likeness (QED) is 0.584. The standard InChI is InChI=1S/C8H5BBrIO2S/c10-4-1-6(9(12)13)5-3-8(11)14-7(5)2-4/h1-3,12-13H. The smallest absolute Gasteiger partial charge is 0.423 e. The zero-order chi connectivity index (χ0) is 10.3. The van der Waals surface area contributed by atoms with E-state index in [4.69, 9.17) is 0 Å². The van der Waals surface area contributed by atoms with Gasteiger partial charge in [0.1, 0.15) is 0 Å². The van der Waals surface area contributed by atoms with Crippen LogP contribution in [0.5, 0.6) is 0 Å². The van der Waals surface area contributed by atoms with Crippen molar-refractivity contribution in [1.29, 1.82) is 0 Å². The first-order valence-electron chi connectivity index (χ1n) is 3.82. The molecular formula is C8H5BBrIO2S. The van der Waals surface area contributed by atoms with Gasteiger partial charge in [0, 0.05) is 9.17 Å². The van der Waals surface area contributed by atoms with Crippen molar-refractivity contribution in [2.45, 2.75) is 0 Å². The third kappa shape index (κ3) is 1.99. The van der Waals surface area contributed by atoms with Gasteiger partial charge in [-0.2, -0.15) is 0 Å². The number of fused-ring (bicyclic) bond motifs is 1. The Kier molecular flexibility index (Phi) is 3.18. The van der Waals surface area contributed by atoms with Gasteiger partial charge in [0.2, 0.25) is 0 Å². The van der Waals surface area contributed by atoms with Gasteiger partial charge in [0.05, 0.1) is 2.88 Å². The maximum atomic E-state index is 9.19. The summed E-state index contributed by atoms with van der Waals surface area (Å²) in [5.74, 6) is 0. The van der Waals surface area contributed by atoms with Crippen LogP contribution in [-0.4, -0.2) is 17.2 Å². The summed E-state index contributed by atoms with van der Waals surface area (Å²) < 4.78 is 3.07. The number of thiophene rings is 1. The molecule has 2 nitrogen and oxygen atoms in total. The summed E-state index contributed by atoms with van der Waals surface area (Å²) in [4.78, 5) is 0. The molecule has 0 aliphatic carbocycles. The van der Waals surface area contributed by atoms with Gasteiger partial charge < -0.3 is 10.0 Å². The van der Waals surface area contributed by atoms with Crippen LogP contribution in [0.2, 0.25) is 0 Å². The van der Waals surface area contributed by atoms with Gasteiger partial charge in [-0.05, 0) is 51.6 Å². The molecule has 0 aliphatic heterocycles. The van der Waals surface area contributed by atoms with E-state index < -0.39 is 7.12 Å². The number of rotatable bonds is 1. The van der Waals surface area contributed by atoms with Crippen molar-refractivity contribution in [3.8, 4) is 0 Å². The highest BCUT2D eigenvalue weighted by molar-refractivity contribution is 14.1. The topological polar surface area (TPSA) is 40.5 Å². The third-order valence-electron chi connectivity index (χ3n) is 1.88. The van der Waals surface area contributed by atoms with E-state index in [1.165, 1.54) is 0 Å². The minimum absolute atomic E-state index is 0.550. The van der Waals surface area contributed by atoms with Crippen LogP contribution in [-0.2, 0) is 0 Å². The largest absolute Gasteiger partial charge is 0.489 e.